The highest BCUT2D eigenvalue weighted by atomic mass is 127. The molecule has 1 saturated heterocycles. The summed E-state index contributed by atoms with van der Waals surface area (Å²) in [6.07, 6.45) is 5.14. The van der Waals surface area contributed by atoms with Crippen LogP contribution in [-0.4, -0.2) is 55.7 Å². The Bertz CT molecular complexity index is 650. The maximum atomic E-state index is 11.7. The quantitative estimate of drug-likeness (QED) is 0.179. The fourth-order valence-electron chi connectivity index (χ4n) is 3.52. The molecule has 1 atom stereocenters. The number of aliphatic imine (C=N–C) groups is 1. The Morgan fingerprint density at radius 3 is 2.57 bits per heavy atom. The molecule has 1 aromatic rings. The summed E-state index contributed by atoms with van der Waals surface area (Å²) in [4.78, 5) is 18.6. The molecule has 1 unspecified atom stereocenters. The summed E-state index contributed by atoms with van der Waals surface area (Å²) >= 11 is 0. The fourth-order valence-corrected chi connectivity index (χ4v) is 3.52. The normalized spacial score (nSPS) is 17.2. The minimum atomic E-state index is -0.186. The molecule has 1 aliphatic heterocycles. The van der Waals surface area contributed by atoms with Crippen LogP contribution in [-0.2, 0) is 6.54 Å². The summed E-state index contributed by atoms with van der Waals surface area (Å²) in [5.41, 5.74) is 1.91. The smallest absolute Gasteiger partial charge is 0.319 e. The van der Waals surface area contributed by atoms with Gasteiger partial charge >= 0.3 is 6.03 Å². The van der Waals surface area contributed by atoms with Crippen LogP contribution in [0, 0.1) is 0 Å². The summed E-state index contributed by atoms with van der Waals surface area (Å²) in [5, 5.41) is 12.4. The first kappa shape index (κ1) is 26.5. The molecule has 7 nitrogen and oxygen atoms in total. The van der Waals surface area contributed by atoms with E-state index >= 15 is 0 Å². The maximum absolute atomic E-state index is 11.7. The molecule has 0 bridgehead atoms. The fraction of sp³-hybridized carbons (Fsp3) is 0.636. The topological polar surface area (TPSA) is 80.8 Å². The molecule has 30 heavy (non-hydrogen) atoms. The van der Waals surface area contributed by atoms with Crippen molar-refractivity contribution in [2.24, 2.45) is 4.99 Å². The lowest BCUT2D eigenvalue weighted by molar-refractivity contribution is 0.159. The third-order valence-corrected chi connectivity index (χ3v) is 5.17. The summed E-state index contributed by atoms with van der Waals surface area (Å²) in [6.45, 7) is 10.2. The third-order valence-electron chi connectivity index (χ3n) is 5.17. The predicted octanol–water partition coefficient (Wildman–Crippen LogP) is 3.76. The SMILES string of the molecule is CN=C(NCCCN1CCCCC1C)NCc1ccc(NC(=O)NC(C)C)cc1.I. The second-order valence-electron chi connectivity index (χ2n) is 8.04. The van der Waals surface area contributed by atoms with Crippen LogP contribution in [0.5, 0.6) is 0 Å². The molecular formula is C22H39IN6O. The van der Waals surface area contributed by atoms with E-state index in [2.05, 4.69) is 38.1 Å². The van der Waals surface area contributed by atoms with Crippen molar-refractivity contribution in [1.29, 1.82) is 0 Å². The number of halogens is 1. The van der Waals surface area contributed by atoms with Gasteiger partial charge < -0.3 is 26.2 Å². The number of guanidine groups is 1. The lowest BCUT2D eigenvalue weighted by atomic mass is 10.0. The van der Waals surface area contributed by atoms with E-state index in [1.54, 1.807) is 7.05 Å². The molecule has 2 amide bonds. The number of likely N-dealkylation sites (tertiary alicyclic amines) is 1. The number of carbonyl (C=O) groups is 1. The molecule has 1 aliphatic rings. The third kappa shape index (κ3) is 9.97. The van der Waals surface area contributed by atoms with Gasteiger partial charge in [-0.2, -0.15) is 0 Å². The molecule has 1 fully saturated rings. The molecule has 170 valence electrons. The van der Waals surface area contributed by atoms with Crippen LogP contribution in [0.25, 0.3) is 0 Å². The van der Waals surface area contributed by atoms with Gasteiger partial charge in [-0.1, -0.05) is 18.6 Å². The Balaban J connectivity index is 0.00000450. The number of hydrogen-bond donors (Lipinski definition) is 4. The first-order valence-corrected chi connectivity index (χ1v) is 10.8. The van der Waals surface area contributed by atoms with Crippen molar-refractivity contribution >= 4 is 41.7 Å². The number of amides is 2. The highest BCUT2D eigenvalue weighted by Gasteiger charge is 2.17. The standard InChI is InChI=1S/C22H38N6O.HI/c1-17(2)26-22(29)27-20-11-9-19(10-12-20)16-25-21(23-4)24-13-7-15-28-14-6-5-8-18(28)3;/h9-12,17-18H,5-8,13-16H2,1-4H3,(H2,23,24,25)(H2,26,27,29);1H. The molecule has 4 N–H and O–H groups in total. The van der Waals surface area contributed by atoms with Crippen LogP contribution < -0.4 is 21.3 Å². The minimum absolute atomic E-state index is 0. The van der Waals surface area contributed by atoms with Crippen LogP contribution in [0.2, 0.25) is 0 Å². The van der Waals surface area contributed by atoms with Crippen LogP contribution in [0.1, 0.15) is 52.0 Å². The molecule has 8 heteroatoms. The van der Waals surface area contributed by atoms with Crippen molar-refractivity contribution < 1.29 is 4.79 Å². The van der Waals surface area contributed by atoms with E-state index in [-0.39, 0.29) is 36.0 Å². The zero-order valence-corrected chi connectivity index (χ0v) is 21.2. The number of rotatable bonds is 8. The lowest BCUT2D eigenvalue weighted by Crippen LogP contribution is -2.41. The zero-order chi connectivity index (χ0) is 21.1. The molecular weight excluding hydrogens is 491 g/mol. The Morgan fingerprint density at radius 1 is 1.20 bits per heavy atom. The van der Waals surface area contributed by atoms with Crippen molar-refractivity contribution in [3.63, 3.8) is 0 Å². The second kappa shape index (κ2) is 14.5. The first-order chi connectivity index (χ1) is 14.0. The lowest BCUT2D eigenvalue weighted by Gasteiger charge is -2.33. The van der Waals surface area contributed by atoms with Crippen molar-refractivity contribution in [2.45, 2.75) is 65.1 Å². The van der Waals surface area contributed by atoms with E-state index in [0.29, 0.717) is 6.54 Å². The molecule has 1 aromatic carbocycles. The predicted molar refractivity (Wildman–Crippen MR) is 137 cm³/mol. The average molecular weight is 530 g/mol. The highest BCUT2D eigenvalue weighted by molar-refractivity contribution is 14.0. The van der Waals surface area contributed by atoms with E-state index in [0.717, 1.165) is 42.8 Å². The summed E-state index contributed by atoms with van der Waals surface area (Å²) in [5.74, 6) is 0.815. The Morgan fingerprint density at radius 2 is 1.93 bits per heavy atom. The zero-order valence-electron chi connectivity index (χ0n) is 18.8. The molecule has 0 aromatic heterocycles. The van der Waals surface area contributed by atoms with E-state index < -0.39 is 0 Å². The number of urea groups is 1. The molecule has 0 radical (unpaired) electrons. The number of piperidine rings is 1. The van der Waals surface area contributed by atoms with E-state index in [1.165, 1.54) is 25.8 Å². The van der Waals surface area contributed by atoms with Gasteiger partial charge in [0.2, 0.25) is 0 Å². The molecule has 0 spiro atoms. The van der Waals surface area contributed by atoms with E-state index in [9.17, 15) is 4.79 Å². The van der Waals surface area contributed by atoms with Crippen molar-refractivity contribution in [1.82, 2.24) is 20.9 Å². The minimum Gasteiger partial charge on any atom is -0.356 e. The Hall–Kier alpha value is -1.55. The Kier molecular flexibility index (Phi) is 12.8. The van der Waals surface area contributed by atoms with Crippen LogP contribution in [0.4, 0.5) is 10.5 Å². The number of hydrogen-bond acceptors (Lipinski definition) is 3. The maximum Gasteiger partial charge on any atom is 0.319 e. The van der Waals surface area contributed by atoms with Gasteiger partial charge in [0.15, 0.2) is 5.96 Å². The second-order valence-corrected chi connectivity index (χ2v) is 8.04. The van der Waals surface area contributed by atoms with Gasteiger partial charge in [-0.15, -0.1) is 24.0 Å². The van der Waals surface area contributed by atoms with Gasteiger partial charge in [0.1, 0.15) is 0 Å². The van der Waals surface area contributed by atoms with Gasteiger partial charge in [-0.25, -0.2) is 4.79 Å². The summed E-state index contributed by atoms with van der Waals surface area (Å²) in [7, 11) is 1.79. The number of nitrogens with one attached hydrogen (secondary N) is 4. The average Bonchev–Trinajstić information content (AvgIpc) is 2.69. The van der Waals surface area contributed by atoms with Crippen LogP contribution >= 0.6 is 24.0 Å². The summed E-state index contributed by atoms with van der Waals surface area (Å²) in [6, 6.07) is 8.47. The van der Waals surface area contributed by atoms with E-state index in [4.69, 9.17) is 0 Å². The molecule has 1 heterocycles. The van der Waals surface area contributed by atoms with Crippen molar-refractivity contribution in [3.8, 4) is 0 Å². The van der Waals surface area contributed by atoms with Crippen LogP contribution in [0.3, 0.4) is 0 Å². The molecule has 0 saturated carbocycles. The van der Waals surface area contributed by atoms with Crippen LogP contribution in [0.15, 0.2) is 29.3 Å². The highest BCUT2D eigenvalue weighted by Crippen LogP contribution is 2.16. The molecule has 2 rings (SSSR count). The largest absolute Gasteiger partial charge is 0.356 e. The number of benzene rings is 1. The van der Waals surface area contributed by atoms with Gasteiger partial charge in [-0.3, -0.25) is 4.99 Å². The number of anilines is 1. The van der Waals surface area contributed by atoms with E-state index in [1.807, 2.05) is 38.1 Å². The van der Waals surface area contributed by atoms with Crippen molar-refractivity contribution in [2.75, 3.05) is 32.0 Å². The number of carbonyl (C=O) groups excluding carboxylic acids is 1. The van der Waals surface area contributed by atoms with Crippen molar-refractivity contribution in [3.05, 3.63) is 29.8 Å². The Labute approximate surface area is 198 Å². The van der Waals surface area contributed by atoms with Gasteiger partial charge in [-0.05, 0) is 64.3 Å². The first-order valence-electron chi connectivity index (χ1n) is 10.8. The summed E-state index contributed by atoms with van der Waals surface area (Å²) < 4.78 is 0. The number of nitrogens with zero attached hydrogens (tertiary/aromatic N) is 2. The van der Waals surface area contributed by atoms with Gasteiger partial charge in [0, 0.05) is 44.5 Å². The monoisotopic (exact) mass is 530 g/mol. The van der Waals surface area contributed by atoms with Gasteiger partial charge in [0.05, 0.1) is 0 Å². The molecule has 0 aliphatic carbocycles. The van der Waals surface area contributed by atoms with Gasteiger partial charge in [0.25, 0.3) is 0 Å².